The van der Waals surface area contributed by atoms with Gasteiger partial charge < -0.3 is 13.9 Å². The molecule has 3 heterocycles. The highest BCUT2D eigenvalue weighted by atomic mass is 19.1. The number of carbonyl (C=O) groups is 1. The van der Waals surface area contributed by atoms with Gasteiger partial charge in [-0.2, -0.15) is 0 Å². The normalized spacial score (nSPS) is 19.2. The molecule has 2 aromatic heterocycles. The molecule has 1 aliphatic carbocycles. The molecule has 0 radical (unpaired) electrons. The number of aromatic nitrogens is 2. The molecular formula is C28H27F2N3O3. The molecular weight excluding hydrogens is 464 g/mol. The van der Waals surface area contributed by atoms with Crippen molar-refractivity contribution in [3.8, 4) is 11.3 Å². The van der Waals surface area contributed by atoms with Gasteiger partial charge in [-0.15, -0.1) is 0 Å². The van der Waals surface area contributed by atoms with Crippen LogP contribution in [0.15, 0.2) is 51.5 Å². The molecule has 2 aliphatic rings. The van der Waals surface area contributed by atoms with Crippen LogP contribution >= 0.6 is 0 Å². The van der Waals surface area contributed by atoms with Gasteiger partial charge in [0.2, 0.25) is 0 Å². The lowest BCUT2D eigenvalue weighted by atomic mass is 9.82. The number of rotatable bonds is 6. The first-order valence-corrected chi connectivity index (χ1v) is 12.6. The minimum atomic E-state index is -0.405. The van der Waals surface area contributed by atoms with Gasteiger partial charge in [0.15, 0.2) is 11.4 Å². The Labute approximate surface area is 207 Å². The van der Waals surface area contributed by atoms with Gasteiger partial charge in [-0.3, -0.25) is 4.79 Å². The SMILES string of the molecule is O=C1c2c(-c3ccccc3F)noc2CCC1CCCN1CCC(c2noc3cc(F)ccc23)CC1. The first-order valence-electron chi connectivity index (χ1n) is 12.6. The number of likely N-dealkylation sites (tertiary alicyclic amines) is 1. The number of hydrogen-bond acceptors (Lipinski definition) is 6. The van der Waals surface area contributed by atoms with Crippen LogP contribution in [-0.2, 0) is 6.42 Å². The monoisotopic (exact) mass is 491 g/mol. The molecule has 186 valence electrons. The van der Waals surface area contributed by atoms with E-state index in [0.717, 1.165) is 62.8 Å². The van der Waals surface area contributed by atoms with Gasteiger partial charge in [-0.1, -0.05) is 22.4 Å². The predicted octanol–water partition coefficient (Wildman–Crippen LogP) is 6.17. The first kappa shape index (κ1) is 23.0. The maximum atomic E-state index is 14.3. The molecule has 1 atom stereocenters. The van der Waals surface area contributed by atoms with E-state index in [1.165, 1.54) is 18.2 Å². The van der Waals surface area contributed by atoms with E-state index in [1.54, 1.807) is 24.3 Å². The van der Waals surface area contributed by atoms with Crippen molar-refractivity contribution in [3.63, 3.8) is 0 Å². The average molecular weight is 492 g/mol. The second-order valence-electron chi connectivity index (χ2n) is 9.88. The molecule has 8 heteroatoms. The van der Waals surface area contributed by atoms with Gasteiger partial charge >= 0.3 is 0 Å². The number of hydrogen-bond donors (Lipinski definition) is 0. The van der Waals surface area contributed by atoms with E-state index in [1.807, 2.05) is 0 Å². The predicted molar refractivity (Wildman–Crippen MR) is 130 cm³/mol. The summed E-state index contributed by atoms with van der Waals surface area (Å²) >= 11 is 0. The third kappa shape index (κ3) is 4.23. The Bertz CT molecular complexity index is 1400. The molecule has 1 aliphatic heterocycles. The third-order valence-electron chi connectivity index (χ3n) is 7.69. The minimum Gasteiger partial charge on any atom is -0.360 e. The van der Waals surface area contributed by atoms with Gasteiger partial charge in [0.25, 0.3) is 0 Å². The summed E-state index contributed by atoms with van der Waals surface area (Å²) in [7, 11) is 0. The van der Waals surface area contributed by atoms with E-state index in [2.05, 4.69) is 15.2 Å². The van der Waals surface area contributed by atoms with E-state index in [4.69, 9.17) is 9.05 Å². The van der Waals surface area contributed by atoms with Crippen LogP contribution in [0.3, 0.4) is 0 Å². The summed E-state index contributed by atoms with van der Waals surface area (Å²) in [6, 6.07) is 10.9. The van der Waals surface area contributed by atoms with E-state index in [-0.39, 0.29) is 17.5 Å². The molecule has 0 saturated carbocycles. The van der Waals surface area contributed by atoms with Crippen molar-refractivity contribution in [2.45, 2.75) is 44.4 Å². The Hall–Kier alpha value is -3.39. The van der Waals surface area contributed by atoms with Crippen molar-refractivity contribution in [3.05, 3.63) is 71.1 Å². The molecule has 1 fully saturated rings. The maximum Gasteiger partial charge on any atom is 0.171 e. The molecule has 0 N–H and O–H groups in total. The molecule has 36 heavy (non-hydrogen) atoms. The molecule has 0 amide bonds. The highest BCUT2D eigenvalue weighted by Gasteiger charge is 2.34. The first-order chi connectivity index (χ1) is 17.6. The van der Waals surface area contributed by atoms with Gasteiger partial charge in [-0.25, -0.2) is 8.78 Å². The quantitative estimate of drug-likeness (QED) is 0.321. The molecule has 6 rings (SSSR count). The summed E-state index contributed by atoms with van der Waals surface area (Å²) in [5.41, 5.74) is 2.51. The van der Waals surface area contributed by atoms with Crippen molar-refractivity contribution < 1.29 is 22.6 Å². The number of benzene rings is 2. The zero-order chi connectivity index (χ0) is 24.6. The van der Waals surface area contributed by atoms with Crippen LogP contribution in [0.4, 0.5) is 8.78 Å². The lowest BCUT2D eigenvalue weighted by Gasteiger charge is -2.31. The van der Waals surface area contributed by atoms with Crippen molar-refractivity contribution in [2.75, 3.05) is 19.6 Å². The number of piperidine rings is 1. The van der Waals surface area contributed by atoms with Crippen LogP contribution in [-0.4, -0.2) is 40.6 Å². The highest BCUT2D eigenvalue weighted by Crippen LogP contribution is 2.36. The van der Waals surface area contributed by atoms with Crippen molar-refractivity contribution in [1.82, 2.24) is 15.2 Å². The number of halogens is 2. The Morgan fingerprint density at radius 2 is 1.83 bits per heavy atom. The van der Waals surface area contributed by atoms with Crippen molar-refractivity contribution in [1.29, 1.82) is 0 Å². The molecule has 4 aromatic rings. The van der Waals surface area contributed by atoms with Gasteiger partial charge in [0.1, 0.15) is 23.1 Å². The summed E-state index contributed by atoms with van der Waals surface area (Å²) in [6.07, 6.45) is 5.03. The van der Waals surface area contributed by atoms with E-state index >= 15 is 0 Å². The molecule has 0 bridgehead atoms. The highest BCUT2D eigenvalue weighted by molar-refractivity contribution is 6.04. The fourth-order valence-corrected chi connectivity index (χ4v) is 5.72. The van der Waals surface area contributed by atoms with Gasteiger partial charge in [0.05, 0.1) is 11.3 Å². The number of carbonyl (C=O) groups excluding carboxylic acids is 1. The van der Waals surface area contributed by atoms with Crippen LogP contribution in [0, 0.1) is 17.6 Å². The third-order valence-corrected chi connectivity index (χ3v) is 7.69. The number of ketones is 1. The van der Waals surface area contributed by atoms with Crippen LogP contribution < -0.4 is 0 Å². The second-order valence-corrected chi connectivity index (χ2v) is 9.88. The summed E-state index contributed by atoms with van der Waals surface area (Å²) in [6.45, 7) is 2.83. The standard InChI is InChI=1S/C28H27F2N3O3/c29-19-8-9-21-24(16-19)36-31-26(21)17-11-14-33(15-12-17)13-3-4-18-7-10-23-25(28(18)34)27(32-35-23)20-5-1-2-6-22(20)30/h1-2,5-6,8-9,16-18H,3-4,7,10-15H2. The smallest absolute Gasteiger partial charge is 0.171 e. The largest absolute Gasteiger partial charge is 0.360 e. The van der Waals surface area contributed by atoms with Crippen LogP contribution in [0.1, 0.15) is 59.8 Å². The lowest BCUT2D eigenvalue weighted by molar-refractivity contribution is 0.0883. The van der Waals surface area contributed by atoms with Crippen LogP contribution in [0.2, 0.25) is 0 Å². The number of Topliss-reactive ketones (excluding diaryl/α,β-unsaturated/α-hetero) is 1. The second kappa shape index (κ2) is 9.58. The molecule has 1 saturated heterocycles. The average Bonchev–Trinajstić information content (AvgIpc) is 3.51. The van der Waals surface area contributed by atoms with Crippen LogP contribution in [0.25, 0.3) is 22.2 Å². The zero-order valence-electron chi connectivity index (χ0n) is 19.9. The number of nitrogens with zero attached hydrogens (tertiary/aromatic N) is 3. The molecule has 1 unspecified atom stereocenters. The molecule has 6 nitrogen and oxygen atoms in total. The summed E-state index contributed by atoms with van der Waals surface area (Å²) in [5, 5.41) is 9.17. The Morgan fingerprint density at radius 3 is 2.67 bits per heavy atom. The minimum absolute atomic E-state index is 0.0174. The summed E-state index contributed by atoms with van der Waals surface area (Å²) in [4.78, 5) is 15.7. The van der Waals surface area contributed by atoms with E-state index in [0.29, 0.717) is 40.5 Å². The fourth-order valence-electron chi connectivity index (χ4n) is 5.72. The topological polar surface area (TPSA) is 72.4 Å². The fraction of sp³-hybridized carbons (Fsp3) is 0.393. The van der Waals surface area contributed by atoms with E-state index < -0.39 is 5.82 Å². The molecule has 2 aromatic carbocycles. The van der Waals surface area contributed by atoms with Crippen molar-refractivity contribution in [2.24, 2.45) is 5.92 Å². The van der Waals surface area contributed by atoms with Gasteiger partial charge in [0, 0.05) is 35.3 Å². The maximum absolute atomic E-state index is 14.3. The Morgan fingerprint density at radius 1 is 1.00 bits per heavy atom. The lowest BCUT2D eigenvalue weighted by Crippen LogP contribution is -2.34. The van der Waals surface area contributed by atoms with Crippen molar-refractivity contribution >= 4 is 16.8 Å². The van der Waals surface area contributed by atoms with E-state index in [9.17, 15) is 13.6 Å². The number of aryl methyl sites for hydroxylation is 1. The van der Waals surface area contributed by atoms with Crippen LogP contribution in [0.5, 0.6) is 0 Å². The summed E-state index contributed by atoms with van der Waals surface area (Å²) in [5.74, 6) is 0.0694. The Kier molecular flexibility index (Phi) is 6.13. The summed E-state index contributed by atoms with van der Waals surface area (Å²) < 4.78 is 38.6. The zero-order valence-corrected chi connectivity index (χ0v) is 19.9. The molecule has 0 spiro atoms. The Balaban J connectivity index is 1.04. The number of fused-ring (bicyclic) bond motifs is 2. The van der Waals surface area contributed by atoms with Gasteiger partial charge in [-0.05, 0) is 76.0 Å².